The van der Waals surface area contributed by atoms with Crippen molar-refractivity contribution in [1.29, 1.82) is 0 Å². The Labute approximate surface area is 104 Å². The standard InChI is InChI=1S/C15H24O2/c1-10(2)5-8-14(16)12(4)13-7-6-11(3)9-15(13)17/h5,9,12-14,16H,6-8H2,1-4H3. The smallest absolute Gasteiger partial charge is 0.159 e. The molecule has 1 aliphatic rings. The van der Waals surface area contributed by atoms with Crippen LogP contribution in [0.2, 0.25) is 0 Å². The fourth-order valence-corrected chi connectivity index (χ4v) is 2.31. The predicted molar refractivity (Wildman–Crippen MR) is 70.7 cm³/mol. The summed E-state index contributed by atoms with van der Waals surface area (Å²) in [6, 6.07) is 0. The van der Waals surface area contributed by atoms with Crippen molar-refractivity contribution in [3.63, 3.8) is 0 Å². The van der Waals surface area contributed by atoms with Crippen molar-refractivity contribution >= 4 is 5.78 Å². The summed E-state index contributed by atoms with van der Waals surface area (Å²) < 4.78 is 0. The van der Waals surface area contributed by atoms with E-state index in [1.807, 2.05) is 33.8 Å². The van der Waals surface area contributed by atoms with Crippen LogP contribution in [0.5, 0.6) is 0 Å². The Morgan fingerprint density at radius 2 is 2.24 bits per heavy atom. The molecule has 0 amide bonds. The van der Waals surface area contributed by atoms with Gasteiger partial charge in [0, 0.05) is 5.92 Å². The fourth-order valence-electron chi connectivity index (χ4n) is 2.31. The molecule has 0 fully saturated rings. The number of hydrogen-bond acceptors (Lipinski definition) is 2. The lowest BCUT2D eigenvalue weighted by Gasteiger charge is -2.28. The van der Waals surface area contributed by atoms with Gasteiger partial charge in [0.15, 0.2) is 5.78 Å². The number of aliphatic hydroxyl groups excluding tert-OH is 1. The lowest BCUT2D eigenvalue weighted by molar-refractivity contribution is -0.121. The molecule has 0 saturated heterocycles. The van der Waals surface area contributed by atoms with Crippen molar-refractivity contribution in [3.8, 4) is 0 Å². The molecular formula is C15H24O2. The van der Waals surface area contributed by atoms with Crippen molar-refractivity contribution in [2.45, 2.75) is 53.1 Å². The van der Waals surface area contributed by atoms with E-state index in [0.29, 0.717) is 6.42 Å². The average molecular weight is 236 g/mol. The molecule has 0 aromatic carbocycles. The van der Waals surface area contributed by atoms with Gasteiger partial charge in [0.05, 0.1) is 6.10 Å². The minimum Gasteiger partial charge on any atom is -0.393 e. The quantitative estimate of drug-likeness (QED) is 0.761. The largest absolute Gasteiger partial charge is 0.393 e. The molecule has 0 saturated carbocycles. The van der Waals surface area contributed by atoms with Gasteiger partial charge in [0.25, 0.3) is 0 Å². The molecule has 1 aliphatic carbocycles. The number of rotatable bonds is 4. The maximum absolute atomic E-state index is 11.9. The van der Waals surface area contributed by atoms with E-state index in [-0.39, 0.29) is 17.6 Å². The van der Waals surface area contributed by atoms with Crippen molar-refractivity contribution < 1.29 is 9.90 Å². The van der Waals surface area contributed by atoms with Crippen molar-refractivity contribution in [2.24, 2.45) is 11.8 Å². The van der Waals surface area contributed by atoms with Gasteiger partial charge in [-0.3, -0.25) is 4.79 Å². The van der Waals surface area contributed by atoms with E-state index in [1.165, 1.54) is 5.57 Å². The first-order chi connectivity index (χ1) is 7.91. The lowest BCUT2D eigenvalue weighted by Crippen LogP contribution is -2.31. The summed E-state index contributed by atoms with van der Waals surface area (Å²) >= 11 is 0. The van der Waals surface area contributed by atoms with Gasteiger partial charge in [-0.1, -0.05) is 24.1 Å². The van der Waals surface area contributed by atoms with Gasteiger partial charge < -0.3 is 5.11 Å². The van der Waals surface area contributed by atoms with Crippen LogP contribution in [0.3, 0.4) is 0 Å². The third-order valence-electron chi connectivity index (χ3n) is 3.61. The topological polar surface area (TPSA) is 37.3 Å². The van der Waals surface area contributed by atoms with Gasteiger partial charge in [-0.05, 0) is 52.0 Å². The number of hydrogen-bond donors (Lipinski definition) is 1. The second kappa shape index (κ2) is 6.15. The van der Waals surface area contributed by atoms with Crippen LogP contribution in [-0.2, 0) is 4.79 Å². The van der Waals surface area contributed by atoms with Gasteiger partial charge >= 0.3 is 0 Å². The van der Waals surface area contributed by atoms with Crippen LogP contribution >= 0.6 is 0 Å². The van der Waals surface area contributed by atoms with E-state index >= 15 is 0 Å². The number of carbonyl (C=O) groups is 1. The number of carbonyl (C=O) groups excluding carboxylic acids is 1. The highest BCUT2D eigenvalue weighted by molar-refractivity contribution is 5.93. The lowest BCUT2D eigenvalue weighted by atomic mass is 9.78. The zero-order chi connectivity index (χ0) is 13.0. The molecular weight excluding hydrogens is 212 g/mol. The molecule has 0 heterocycles. The molecule has 96 valence electrons. The van der Waals surface area contributed by atoms with Crippen LogP contribution < -0.4 is 0 Å². The monoisotopic (exact) mass is 236 g/mol. The Bertz CT molecular complexity index is 335. The zero-order valence-electron chi connectivity index (χ0n) is 11.4. The van der Waals surface area contributed by atoms with Gasteiger partial charge in [-0.15, -0.1) is 0 Å². The minimum atomic E-state index is -0.411. The van der Waals surface area contributed by atoms with Gasteiger partial charge in [0.2, 0.25) is 0 Å². The van der Waals surface area contributed by atoms with E-state index in [4.69, 9.17) is 0 Å². The first-order valence-electron chi connectivity index (χ1n) is 6.44. The fraction of sp³-hybridized carbons (Fsp3) is 0.667. The molecule has 1 N–H and O–H groups in total. The van der Waals surface area contributed by atoms with Gasteiger partial charge in [-0.2, -0.15) is 0 Å². The van der Waals surface area contributed by atoms with Crippen molar-refractivity contribution in [3.05, 3.63) is 23.3 Å². The maximum atomic E-state index is 11.9. The number of ketones is 1. The molecule has 1 rings (SSSR count). The summed E-state index contributed by atoms with van der Waals surface area (Å²) in [4.78, 5) is 11.9. The van der Waals surface area contributed by atoms with Crippen LogP contribution in [0.15, 0.2) is 23.3 Å². The van der Waals surface area contributed by atoms with E-state index < -0.39 is 6.10 Å². The Balaban J connectivity index is 2.61. The molecule has 0 aliphatic heterocycles. The van der Waals surface area contributed by atoms with E-state index in [1.54, 1.807) is 6.08 Å². The Morgan fingerprint density at radius 3 is 2.76 bits per heavy atom. The third kappa shape index (κ3) is 4.12. The molecule has 17 heavy (non-hydrogen) atoms. The van der Waals surface area contributed by atoms with Crippen LogP contribution in [-0.4, -0.2) is 17.0 Å². The SMILES string of the molecule is CC(C)=CCC(O)C(C)C1CCC(C)=CC1=O. The third-order valence-corrected chi connectivity index (χ3v) is 3.61. The zero-order valence-corrected chi connectivity index (χ0v) is 11.4. The molecule has 2 heteroatoms. The molecule has 3 atom stereocenters. The van der Waals surface area contributed by atoms with Crippen molar-refractivity contribution in [2.75, 3.05) is 0 Å². The van der Waals surface area contributed by atoms with Crippen LogP contribution in [0, 0.1) is 11.8 Å². The van der Waals surface area contributed by atoms with Crippen LogP contribution in [0.1, 0.15) is 47.0 Å². The summed E-state index contributed by atoms with van der Waals surface area (Å²) in [5.41, 5.74) is 2.37. The Morgan fingerprint density at radius 1 is 1.59 bits per heavy atom. The average Bonchev–Trinajstić information content (AvgIpc) is 2.25. The van der Waals surface area contributed by atoms with Crippen LogP contribution in [0.4, 0.5) is 0 Å². The summed E-state index contributed by atoms with van der Waals surface area (Å²) in [7, 11) is 0. The van der Waals surface area contributed by atoms with Crippen LogP contribution in [0.25, 0.3) is 0 Å². The summed E-state index contributed by atoms with van der Waals surface area (Å²) in [6.07, 6.45) is 5.89. The van der Waals surface area contributed by atoms with E-state index in [2.05, 4.69) is 0 Å². The molecule has 0 bridgehead atoms. The number of aliphatic hydroxyl groups is 1. The van der Waals surface area contributed by atoms with E-state index in [9.17, 15) is 9.90 Å². The highest BCUT2D eigenvalue weighted by Crippen LogP contribution is 2.29. The summed E-state index contributed by atoms with van der Waals surface area (Å²) in [5.74, 6) is 0.235. The first kappa shape index (κ1) is 14.2. The van der Waals surface area contributed by atoms with Crippen molar-refractivity contribution in [1.82, 2.24) is 0 Å². The first-order valence-corrected chi connectivity index (χ1v) is 6.44. The Hall–Kier alpha value is -0.890. The summed E-state index contributed by atoms with van der Waals surface area (Å²) in [6.45, 7) is 8.03. The maximum Gasteiger partial charge on any atom is 0.159 e. The minimum absolute atomic E-state index is 0.000683. The molecule has 0 aromatic rings. The molecule has 0 aromatic heterocycles. The molecule has 2 nitrogen and oxygen atoms in total. The van der Waals surface area contributed by atoms with Gasteiger partial charge in [-0.25, -0.2) is 0 Å². The predicted octanol–water partition coefficient (Wildman–Crippen LogP) is 3.27. The molecule has 3 unspecified atom stereocenters. The summed E-state index contributed by atoms with van der Waals surface area (Å²) in [5, 5.41) is 10.1. The Kier molecular flexibility index (Phi) is 5.13. The van der Waals surface area contributed by atoms with Gasteiger partial charge in [0.1, 0.15) is 0 Å². The number of allylic oxidation sites excluding steroid dienone is 3. The molecule has 0 radical (unpaired) electrons. The second-order valence-electron chi connectivity index (χ2n) is 5.48. The normalized spacial score (nSPS) is 23.9. The van der Waals surface area contributed by atoms with E-state index in [0.717, 1.165) is 18.4 Å². The second-order valence-corrected chi connectivity index (χ2v) is 5.48. The highest BCUT2D eigenvalue weighted by atomic mass is 16.3. The highest BCUT2D eigenvalue weighted by Gasteiger charge is 2.30. The molecule has 0 spiro atoms.